The van der Waals surface area contributed by atoms with Crippen molar-refractivity contribution in [1.29, 1.82) is 0 Å². The number of likely N-dealkylation sites (N-methyl/N-ethyl adjacent to an activating group) is 1. The SMILES string of the molecule is CNC1(C(N)=O)CCC(Oc2ccc(F)c(C)c2)C1. The highest BCUT2D eigenvalue weighted by Gasteiger charge is 2.43. The van der Waals surface area contributed by atoms with Gasteiger partial charge in [-0.2, -0.15) is 0 Å². The minimum absolute atomic E-state index is 0.0789. The minimum atomic E-state index is -0.681. The van der Waals surface area contributed by atoms with Gasteiger partial charge in [0.05, 0.1) is 0 Å². The Morgan fingerprint density at radius 1 is 1.58 bits per heavy atom. The van der Waals surface area contributed by atoms with Crippen LogP contribution in [0.25, 0.3) is 0 Å². The average molecular weight is 266 g/mol. The molecule has 1 amide bonds. The Morgan fingerprint density at radius 2 is 2.32 bits per heavy atom. The molecule has 1 saturated carbocycles. The van der Waals surface area contributed by atoms with Crippen LogP contribution in [0.5, 0.6) is 5.75 Å². The van der Waals surface area contributed by atoms with E-state index in [1.54, 1.807) is 26.1 Å². The summed E-state index contributed by atoms with van der Waals surface area (Å²) in [4.78, 5) is 11.5. The Balaban J connectivity index is 2.05. The first-order chi connectivity index (χ1) is 8.97. The molecule has 0 spiro atoms. The van der Waals surface area contributed by atoms with Crippen LogP contribution in [0.4, 0.5) is 4.39 Å². The molecule has 4 nitrogen and oxygen atoms in total. The maximum Gasteiger partial charge on any atom is 0.237 e. The third-order valence-corrected chi connectivity index (χ3v) is 3.85. The lowest BCUT2D eigenvalue weighted by Gasteiger charge is -2.24. The van der Waals surface area contributed by atoms with E-state index in [4.69, 9.17) is 10.5 Å². The first kappa shape index (κ1) is 13.8. The maximum absolute atomic E-state index is 13.2. The number of carbonyl (C=O) groups is 1. The van der Waals surface area contributed by atoms with E-state index in [-0.39, 0.29) is 17.8 Å². The summed E-state index contributed by atoms with van der Waals surface area (Å²) in [5.74, 6) is 0.0251. The van der Waals surface area contributed by atoms with E-state index in [0.29, 0.717) is 24.2 Å². The number of nitrogens with one attached hydrogen (secondary N) is 1. The van der Waals surface area contributed by atoms with Crippen molar-refractivity contribution in [1.82, 2.24) is 5.32 Å². The van der Waals surface area contributed by atoms with E-state index in [2.05, 4.69) is 5.32 Å². The number of ether oxygens (including phenoxy) is 1. The van der Waals surface area contributed by atoms with Gasteiger partial charge in [0.25, 0.3) is 0 Å². The maximum atomic E-state index is 13.2. The van der Waals surface area contributed by atoms with Crippen LogP contribution in [-0.2, 0) is 4.79 Å². The molecule has 19 heavy (non-hydrogen) atoms. The fourth-order valence-electron chi connectivity index (χ4n) is 2.56. The Bertz CT molecular complexity index is 492. The molecule has 0 aliphatic heterocycles. The summed E-state index contributed by atoms with van der Waals surface area (Å²) in [5, 5.41) is 3.00. The zero-order chi connectivity index (χ0) is 14.0. The molecule has 2 unspecified atom stereocenters. The Morgan fingerprint density at radius 3 is 2.84 bits per heavy atom. The van der Waals surface area contributed by atoms with Gasteiger partial charge in [-0.25, -0.2) is 4.39 Å². The van der Waals surface area contributed by atoms with Crippen molar-refractivity contribution in [3.8, 4) is 5.75 Å². The first-order valence-corrected chi connectivity index (χ1v) is 6.38. The number of aryl methyl sites for hydroxylation is 1. The number of halogens is 1. The summed E-state index contributed by atoms with van der Waals surface area (Å²) in [5.41, 5.74) is 5.30. The number of primary amides is 1. The van der Waals surface area contributed by atoms with E-state index in [1.807, 2.05) is 0 Å². The summed E-state index contributed by atoms with van der Waals surface area (Å²) in [6.45, 7) is 1.69. The van der Waals surface area contributed by atoms with Crippen molar-refractivity contribution in [2.24, 2.45) is 5.73 Å². The van der Waals surface area contributed by atoms with E-state index < -0.39 is 5.54 Å². The number of hydrogen-bond donors (Lipinski definition) is 2. The molecule has 2 rings (SSSR count). The van der Waals surface area contributed by atoms with Crippen molar-refractivity contribution in [2.75, 3.05) is 7.05 Å². The van der Waals surface area contributed by atoms with E-state index in [1.165, 1.54) is 6.07 Å². The van der Waals surface area contributed by atoms with Gasteiger partial charge < -0.3 is 15.8 Å². The number of carbonyl (C=O) groups excluding carboxylic acids is 1. The molecule has 1 aromatic carbocycles. The van der Waals surface area contributed by atoms with Gasteiger partial charge in [-0.15, -0.1) is 0 Å². The zero-order valence-corrected chi connectivity index (χ0v) is 11.2. The third kappa shape index (κ3) is 2.71. The highest BCUT2D eigenvalue weighted by Crippen LogP contribution is 2.32. The van der Waals surface area contributed by atoms with Crippen molar-refractivity contribution in [2.45, 2.75) is 37.8 Å². The summed E-state index contributed by atoms with van der Waals surface area (Å²) in [6, 6.07) is 4.66. The van der Waals surface area contributed by atoms with E-state index in [0.717, 1.165) is 6.42 Å². The molecule has 0 heterocycles. The van der Waals surface area contributed by atoms with Crippen molar-refractivity contribution in [3.63, 3.8) is 0 Å². The van der Waals surface area contributed by atoms with Crippen LogP contribution in [-0.4, -0.2) is 24.6 Å². The molecule has 1 aromatic rings. The lowest BCUT2D eigenvalue weighted by Crippen LogP contribution is -2.52. The summed E-state index contributed by atoms with van der Waals surface area (Å²) < 4.78 is 19.0. The second-order valence-electron chi connectivity index (χ2n) is 5.09. The standard InChI is InChI=1S/C14H19FN2O2/c1-9-7-10(3-4-12(9)15)19-11-5-6-14(8-11,17-2)13(16)18/h3-4,7,11,17H,5-6,8H2,1-2H3,(H2,16,18). The highest BCUT2D eigenvalue weighted by molar-refractivity contribution is 5.85. The zero-order valence-electron chi connectivity index (χ0n) is 11.2. The molecule has 0 bridgehead atoms. The smallest absolute Gasteiger partial charge is 0.237 e. The number of hydrogen-bond acceptors (Lipinski definition) is 3. The minimum Gasteiger partial charge on any atom is -0.490 e. The monoisotopic (exact) mass is 266 g/mol. The lowest BCUT2D eigenvalue weighted by molar-refractivity contribution is -0.124. The molecule has 1 aliphatic carbocycles. The topological polar surface area (TPSA) is 64.3 Å². The number of amides is 1. The molecule has 3 N–H and O–H groups in total. The van der Waals surface area contributed by atoms with Crippen molar-refractivity contribution in [3.05, 3.63) is 29.6 Å². The second kappa shape index (κ2) is 5.17. The van der Waals surface area contributed by atoms with Gasteiger partial charge in [0.15, 0.2) is 0 Å². The molecule has 1 aliphatic rings. The molecule has 1 fully saturated rings. The predicted molar refractivity (Wildman–Crippen MR) is 70.4 cm³/mol. The van der Waals surface area contributed by atoms with Crippen LogP contribution in [0.3, 0.4) is 0 Å². The van der Waals surface area contributed by atoms with Gasteiger partial charge in [0.2, 0.25) is 5.91 Å². The predicted octanol–water partition coefficient (Wildman–Crippen LogP) is 1.51. The summed E-state index contributed by atoms with van der Waals surface area (Å²) in [7, 11) is 1.73. The van der Waals surface area contributed by atoms with Crippen LogP contribution >= 0.6 is 0 Å². The highest BCUT2D eigenvalue weighted by atomic mass is 19.1. The molecular formula is C14H19FN2O2. The molecule has 5 heteroatoms. The van der Waals surface area contributed by atoms with Gasteiger partial charge in [0.1, 0.15) is 23.2 Å². The molecular weight excluding hydrogens is 247 g/mol. The van der Waals surface area contributed by atoms with Gasteiger partial charge in [0, 0.05) is 6.42 Å². The van der Waals surface area contributed by atoms with Gasteiger partial charge in [-0.3, -0.25) is 4.79 Å². The molecule has 2 atom stereocenters. The molecule has 0 aromatic heterocycles. The second-order valence-corrected chi connectivity index (χ2v) is 5.09. The Labute approximate surface area is 112 Å². The van der Waals surface area contributed by atoms with Crippen LogP contribution in [0.15, 0.2) is 18.2 Å². The largest absolute Gasteiger partial charge is 0.490 e. The number of benzene rings is 1. The Hall–Kier alpha value is -1.62. The van der Waals surface area contributed by atoms with Crippen molar-refractivity contribution < 1.29 is 13.9 Å². The summed E-state index contributed by atoms with van der Waals surface area (Å²) in [6.07, 6.45) is 1.86. The van der Waals surface area contributed by atoms with Crippen LogP contribution in [0, 0.1) is 12.7 Å². The van der Waals surface area contributed by atoms with E-state index in [9.17, 15) is 9.18 Å². The molecule has 104 valence electrons. The summed E-state index contributed by atoms with van der Waals surface area (Å²) >= 11 is 0. The van der Waals surface area contributed by atoms with Crippen LogP contribution in [0.1, 0.15) is 24.8 Å². The molecule has 0 saturated heterocycles. The van der Waals surface area contributed by atoms with Gasteiger partial charge in [-0.05, 0) is 50.6 Å². The first-order valence-electron chi connectivity index (χ1n) is 6.38. The quantitative estimate of drug-likeness (QED) is 0.868. The average Bonchev–Trinajstić information content (AvgIpc) is 2.79. The van der Waals surface area contributed by atoms with Gasteiger partial charge >= 0.3 is 0 Å². The van der Waals surface area contributed by atoms with Gasteiger partial charge in [-0.1, -0.05) is 0 Å². The number of nitrogens with two attached hydrogens (primary N) is 1. The normalized spacial score (nSPS) is 26.4. The van der Waals surface area contributed by atoms with Crippen molar-refractivity contribution >= 4 is 5.91 Å². The Kier molecular flexibility index (Phi) is 3.75. The number of rotatable bonds is 4. The third-order valence-electron chi connectivity index (χ3n) is 3.85. The fraction of sp³-hybridized carbons (Fsp3) is 0.500. The molecule has 0 radical (unpaired) electrons. The van der Waals surface area contributed by atoms with Crippen LogP contribution < -0.4 is 15.8 Å². The fourth-order valence-corrected chi connectivity index (χ4v) is 2.56. The van der Waals surface area contributed by atoms with E-state index >= 15 is 0 Å². The van der Waals surface area contributed by atoms with Crippen LogP contribution in [0.2, 0.25) is 0 Å². The lowest BCUT2D eigenvalue weighted by atomic mass is 9.97.